The summed E-state index contributed by atoms with van der Waals surface area (Å²) in [6.45, 7) is 3.55. The molecule has 0 saturated heterocycles. The molecular weight excluding hydrogens is 336 g/mol. The van der Waals surface area contributed by atoms with Crippen LogP contribution in [0.4, 0.5) is 0 Å². The lowest BCUT2D eigenvalue weighted by molar-refractivity contribution is 0.613. The summed E-state index contributed by atoms with van der Waals surface area (Å²) >= 11 is 1.44. The van der Waals surface area contributed by atoms with Crippen molar-refractivity contribution in [2.75, 3.05) is 7.05 Å². The first-order valence-electron chi connectivity index (χ1n) is 7.36. The third-order valence-corrected chi connectivity index (χ3v) is 4.56. The van der Waals surface area contributed by atoms with E-state index in [1.165, 1.54) is 11.3 Å². The fourth-order valence-corrected chi connectivity index (χ4v) is 3.22. The minimum Gasteiger partial charge on any atom is -0.462 e. The lowest BCUT2D eigenvalue weighted by atomic mass is 10.2. The Morgan fingerprint density at radius 1 is 1.24 bits per heavy atom. The Morgan fingerprint density at radius 2 is 2.12 bits per heavy atom. The Morgan fingerprint density at radius 3 is 2.88 bits per heavy atom. The van der Waals surface area contributed by atoms with E-state index in [1.54, 1.807) is 25.7 Å². The number of pyridine rings is 2. The Labute approximate surface area is 146 Å². The number of rotatable bonds is 3. The van der Waals surface area contributed by atoms with Crippen molar-refractivity contribution in [2.24, 2.45) is 9.98 Å². The van der Waals surface area contributed by atoms with Gasteiger partial charge in [-0.2, -0.15) is 0 Å². The average molecular weight is 348 g/mol. The minimum atomic E-state index is 0.416. The molecule has 0 unspecified atom stereocenters. The van der Waals surface area contributed by atoms with Crippen LogP contribution in [0.3, 0.4) is 0 Å². The van der Waals surface area contributed by atoms with Crippen LogP contribution in [0.15, 0.2) is 57.3 Å². The highest BCUT2D eigenvalue weighted by atomic mass is 32.1. The normalized spacial score (nSPS) is 11.8. The molecule has 7 nitrogen and oxygen atoms in total. The highest BCUT2D eigenvalue weighted by molar-refractivity contribution is 7.17. The molecule has 0 aliphatic rings. The molecule has 4 aromatic rings. The molecule has 0 N–H and O–H groups in total. The monoisotopic (exact) mass is 348 g/mol. The van der Waals surface area contributed by atoms with Gasteiger partial charge in [0.1, 0.15) is 10.7 Å². The second kappa shape index (κ2) is 6.33. The molecule has 4 rings (SSSR count). The molecule has 0 aromatic carbocycles. The fraction of sp³-hybridized carbons (Fsp3) is 0.0588. The average Bonchev–Trinajstić information content (AvgIpc) is 3.33. The van der Waals surface area contributed by atoms with E-state index in [0.29, 0.717) is 27.8 Å². The molecular formula is C17H12N6OS. The summed E-state index contributed by atoms with van der Waals surface area (Å²) in [6, 6.07) is 7.58. The maximum Gasteiger partial charge on any atom is 0.176 e. The van der Waals surface area contributed by atoms with Crippen molar-refractivity contribution in [3.05, 3.63) is 48.6 Å². The lowest BCUT2D eigenvalue weighted by Gasteiger charge is -2.03. The van der Waals surface area contributed by atoms with Crippen LogP contribution in [0.1, 0.15) is 5.69 Å². The van der Waals surface area contributed by atoms with Crippen LogP contribution in [0.25, 0.3) is 32.2 Å². The Balaban J connectivity index is 1.85. The summed E-state index contributed by atoms with van der Waals surface area (Å²) in [5.41, 5.74) is 2.75. The summed E-state index contributed by atoms with van der Waals surface area (Å²) in [5, 5.41) is 10.9. The van der Waals surface area contributed by atoms with Crippen molar-refractivity contribution < 1.29 is 4.42 Å². The predicted octanol–water partition coefficient (Wildman–Crippen LogP) is 3.49. The van der Waals surface area contributed by atoms with Gasteiger partial charge in [0.2, 0.25) is 0 Å². The number of furan rings is 1. The Bertz CT molecular complexity index is 1080. The zero-order valence-corrected chi connectivity index (χ0v) is 14.1. The van der Waals surface area contributed by atoms with Gasteiger partial charge in [-0.25, -0.2) is 9.98 Å². The first-order chi connectivity index (χ1) is 12.3. The molecule has 25 heavy (non-hydrogen) atoms. The SMILES string of the molecule is C=NC(=NC)c1nc(-c2nnc(-c3cccnc3)s2)cc2ccoc12. The molecule has 0 atom stereocenters. The zero-order chi connectivity index (χ0) is 17.2. The van der Waals surface area contributed by atoms with Gasteiger partial charge < -0.3 is 4.42 Å². The summed E-state index contributed by atoms with van der Waals surface area (Å²) < 4.78 is 5.53. The van der Waals surface area contributed by atoms with E-state index in [0.717, 1.165) is 16.0 Å². The van der Waals surface area contributed by atoms with Crippen LogP contribution < -0.4 is 0 Å². The van der Waals surface area contributed by atoms with E-state index in [-0.39, 0.29) is 0 Å². The maximum absolute atomic E-state index is 5.53. The highest BCUT2D eigenvalue weighted by Gasteiger charge is 2.17. The molecule has 0 aliphatic carbocycles. The zero-order valence-electron chi connectivity index (χ0n) is 13.2. The first kappa shape index (κ1) is 15.3. The number of amidine groups is 1. The van der Waals surface area contributed by atoms with Crippen molar-refractivity contribution in [1.29, 1.82) is 0 Å². The lowest BCUT2D eigenvalue weighted by Crippen LogP contribution is -2.02. The van der Waals surface area contributed by atoms with Gasteiger partial charge in [0, 0.05) is 30.4 Å². The number of hydrogen-bond donors (Lipinski definition) is 0. The van der Waals surface area contributed by atoms with E-state index in [4.69, 9.17) is 4.42 Å². The molecule has 4 aromatic heterocycles. The number of nitrogens with zero attached hydrogens (tertiary/aromatic N) is 6. The Hall–Kier alpha value is -3.26. The van der Waals surface area contributed by atoms with Crippen LogP contribution in [0.5, 0.6) is 0 Å². The number of hydrogen-bond acceptors (Lipinski definition) is 7. The van der Waals surface area contributed by atoms with Crippen molar-refractivity contribution in [2.45, 2.75) is 0 Å². The third kappa shape index (κ3) is 2.72. The van der Waals surface area contributed by atoms with Gasteiger partial charge >= 0.3 is 0 Å². The molecule has 0 aliphatic heterocycles. The van der Waals surface area contributed by atoms with Crippen molar-refractivity contribution in [3.63, 3.8) is 0 Å². The van der Waals surface area contributed by atoms with Gasteiger partial charge in [-0.3, -0.25) is 9.98 Å². The van der Waals surface area contributed by atoms with Gasteiger partial charge in [-0.1, -0.05) is 11.3 Å². The molecule has 0 amide bonds. The molecule has 0 radical (unpaired) electrons. The highest BCUT2D eigenvalue weighted by Crippen LogP contribution is 2.31. The molecule has 0 bridgehead atoms. The maximum atomic E-state index is 5.53. The molecule has 8 heteroatoms. The number of aliphatic imine (C=N–C) groups is 2. The molecule has 0 saturated carbocycles. The fourth-order valence-electron chi connectivity index (χ4n) is 2.42. The van der Waals surface area contributed by atoms with E-state index >= 15 is 0 Å². The smallest absolute Gasteiger partial charge is 0.176 e. The number of fused-ring (bicyclic) bond motifs is 1. The second-order valence-corrected chi connectivity index (χ2v) is 6.03. The summed E-state index contributed by atoms with van der Waals surface area (Å²) in [6.07, 6.45) is 5.09. The van der Waals surface area contributed by atoms with Crippen LogP contribution >= 0.6 is 11.3 Å². The predicted molar refractivity (Wildman–Crippen MR) is 98.2 cm³/mol. The van der Waals surface area contributed by atoms with E-state index < -0.39 is 0 Å². The van der Waals surface area contributed by atoms with Crippen LogP contribution in [0, 0.1) is 0 Å². The van der Waals surface area contributed by atoms with Gasteiger partial charge in [-0.15, -0.1) is 10.2 Å². The first-order valence-corrected chi connectivity index (χ1v) is 8.18. The van der Waals surface area contributed by atoms with Crippen LogP contribution in [-0.4, -0.2) is 39.8 Å². The quantitative estimate of drug-likeness (QED) is 0.418. The standard InChI is InChI=1S/C17H12N6OS/c1-18-15(19-2)13-14-10(5-7-24-14)8-12(21-13)17-23-22-16(25-17)11-4-3-6-20-9-11/h3-9H,1H2,2H3. The van der Waals surface area contributed by atoms with Crippen LogP contribution in [-0.2, 0) is 0 Å². The van der Waals surface area contributed by atoms with Gasteiger partial charge in [0.05, 0.1) is 6.26 Å². The minimum absolute atomic E-state index is 0.416. The van der Waals surface area contributed by atoms with Crippen molar-refractivity contribution in [3.8, 4) is 21.3 Å². The third-order valence-electron chi connectivity index (χ3n) is 3.56. The van der Waals surface area contributed by atoms with Gasteiger partial charge in [-0.05, 0) is 31.0 Å². The molecule has 4 heterocycles. The van der Waals surface area contributed by atoms with E-state index in [2.05, 4.69) is 36.9 Å². The Kier molecular flexibility index (Phi) is 3.87. The van der Waals surface area contributed by atoms with E-state index in [1.807, 2.05) is 24.3 Å². The molecule has 122 valence electrons. The van der Waals surface area contributed by atoms with Gasteiger partial charge in [0.25, 0.3) is 0 Å². The van der Waals surface area contributed by atoms with Crippen molar-refractivity contribution in [1.82, 2.24) is 20.2 Å². The second-order valence-electron chi connectivity index (χ2n) is 5.05. The van der Waals surface area contributed by atoms with Crippen LogP contribution in [0.2, 0.25) is 0 Å². The van der Waals surface area contributed by atoms with E-state index in [9.17, 15) is 0 Å². The summed E-state index contributed by atoms with van der Waals surface area (Å²) in [4.78, 5) is 16.8. The summed E-state index contributed by atoms with van der Waals surface area (Å²) in [5.74, 6) is 0.416. The molecule has 0 fully saturated rings. The number of aromatic nitrogens is 4. The topological polar surface area (TPSA) is 89.4 Å². The summed E-state index contributed by atoms with van der Waals surface area (Å²) in [7, 11) is 1.64. The largest absolute Gasteiger partial charge is 0.462 e. The molecule has 0 spiro atoms. The van der Waals surface area contributed by atoms with Crippen molar-refractivity contribution >= 4 is 34.9 Å². The van der Waals surface area contributed by atoms with Gasteiger partial charge in [0.15, 0.2) is 22.1 Å².